The van der Waals surface area contributed by atoms with Crippen molar-refractivity contribution in [2.24, 2.45) is 0 Å². The van der Waals surface area contributed by atoms with Crippen LogP contribution in [0.4, 0.5) is 11.6 Å². The van der Waals surface area contributed by atoms with Crippen molar-refractivity contribution in [2.75, 3.05) is 17.7 Å². The number of nitrogens with one attached hydrogen (secondary N) is 4. The Bertz CT molecular complexity index is 1190. The summed E-state index contributed by atoms with van der Waals surface area (Å²) in [6.45, 7) is 3.84. The van der Waals surface area contributed by atoms with Crippen LogP contribution < -0.4 is 25.7 Å². The average molecular weight is 419 g/mol. The Labute approximate surface area is 179 Å². The topological polar surface area (TPSA) is 119 Å². The zero-order valence-corrected chi connectivity index (χ0v) is 17.4. The Hall–Kier alpha value is -4.01. The Morgan fingerprint density at radius 2 is 1.94 bits per heavy atom. The molecule has 9 heteroatoms. The first-order valence-corrected chi connectivity index (χ1v) is 9.81. The number of fused-ring (bicyclic) bond motifs is 1. The second kappa shape index (κ2) is 8.39. The summed E-state index contributed by atoms with van der Waals surface area (Å²) in [5.41, 5.74) is 3.24. The summed E-state index contributed by atoms with van der Waals surface area (Å²) in [5.74, 6) is 0.691. The normalized spacial score (nSPS) is 15.8. The average Bonchev–Trinajstić information content (AvgIpc) is 2.74. The summed E-state index contributed by atoms with van der Waals surface area (Å²) in [4.78, 5) is 36.8. The standard InChI is InChI=1S/C22H22N6O3/c1-12-4-6-14(7-5-12)24-20(30)18-11-19(29)27-22(26-18)28-21-23-13(2)16-10-15(31-3)8-9-17(16)25-21/h4-10,18H,11H2,1-3H3,(H,24,30)(H2,23,25,26,27,28,29)/p+1/t18-/m0/s1. The van der Waals surface area contributed by atoms with Crippen molar-refractivity contribution in [2.45, 2.75) is 26.3 Å². The first-order valence-electron chi connectivity index (χ1n) is 9.81. The van der Waals surface area contributed by atoms with E-state index in [1.165, 1.54) is 0 Å². The van der Waals surface area contributed by atoms with Crippen LogP contribution in [-0.2, 0) is 9.59 Å². The molecule has 1 atom stereocenters. The van der Waals surface area contributed by atoms with E-state index in [0.29, 0.717) is 11.6 Å². The van der Waals surface area contributed by atoms with Gasteiger partial charge in [-0.1, -0.05) is 17.7 Å². The van der Waals surface area contributed by atoms with Gasteiger partial charge in [-0.3, -0.25) is 14.6 Å². The third-order valence-corrected chi connectivity index (χ3v) is 4.94. The number of benzene rings is 2. The molecule has 1 aromatic heterocycles. The predicted octanol–water partition coefficient (Wildman–Crippen LogP) is 0.631. The van der Waals surface area contributed by atoms with E-state index in [-0.39, 0.29) is 24.2 Å². The molecule has 2 amide bonds. The number of amides is 2. The van der Waals surface area contributed by atoms with Gasteiger partial charge >= 0.3 is 5.96 Å². The minimum absolute atomic E-state index is 0.0142. The van der Waals surface area contributed by atoms with E-state index in [0.717, 1.165) is 27.9 Å². The summed E-state index contributed by atoms with van der Waals surface area (Å²) in [6, 6.07) is 12.2. The fourth-order valence-corrected chi connectivity index (χ4v) is 3.28. The molecule has 0 aliphatic carbocycles. The van der Waals surface area contributed by atoms with Gasteiger partial charge in [0, 0.05) is 11.1 Å². The van der Waals surface area contributed by atoms with E-state index in [4.69, 9.17) is 4.74 Å². The quantitative estimate of drug-likeness (QED) is 0.493. The van der Waals surface area contributed by atoms with Crippen molar-refractivity contribution in [3.63, 3.8) is 0 Å². The molecule has 4 N–H and O–H groups in total. The van der Waals surface area contributed by atoms with Gasteiger partial charge in [-0.2, -0.15) is 4.98 Å². The second-order valence-corrected chi connectivity index (χ2v) is 7.32. The number of anilines is 2. The lowest BCUT2D eigenvalue weighted by Crippen LogP contribution is -2.89. The van der Waals surface area contributed by atoms with Crippen LogP contribution >= 0.6 is 0 Å². The van der Waals surface area contributed by atoms with Crippen LogP contribution in [0.5, 0.6) is 5.75 Å². The molecule has 0 fully saturated rings. The SMILES string of the molecule is COc1ccc2nc(NC3=[NH+][C@H](C(=O)Nc4ccc(C)cc4)CC(=O)N3)nc(C)c2c1. The summed E-state index contributed by atoms with van der Waals surface area (Å²) >= 11 is 0. The van der Waals surface area contributed by atoms with Crippen LogP contribution in [0.15, 0.2) is 42.5 Å². The van der Waals surface area contributed by atoms with E-state index >= 15 is 0 Å². The number of carbonyl (C=O) groups is 2. The fourth-order valence-electron chi connectivity index (χ4n) is 3.28. The van der Waals surface area contributed by atoms with Crippen LogP contribution in [-0.4, -0.2) is 40.9 Å². The molecule has 0 unspecified atom stereocenters. The van der Waals surface area contributed by atoms with Crippen molar-refractivity contribution in [1.82, 2.24) is 15.3 Å². The largest absolute Gasteiger partial charge is 0.497 e. The van der Waals surface area contributed by atoms with Crippen molar-refractivity contribution < 1.29 is 19.3 Å². The highest BCUT2D eigenvalue weighted by atomic mass is 16.5. The lowest BCUT2D eigenvalue weighted by molar-refractivity contribution is -0.490. The zero-order chi connectivity index (χ0) is 22.0. The smallest absolute Gasteiger partial charge is 0.358 e. The molecule has 158 valence electrons. The molecular formula is C22H23N6O3+. The molecule has 2 heterocycles. The van der Waals surface area contributed by atoms with Crippen molar-refractivity contribution in [1.29, 1.82) is 0 Å². The Morgan fingerprint density at radius 3 is 2.68 bits per heavy atom. The van der Waals surface area contributed by atoms with Gasteiger partial charge in [0.05, 0.1) is 24.7 Å². The van der Waals surface area contributed by atoms with Crippen LogP contribution in [0.1, 0.15) is 17.7 Å². The van der Waals surface area contributed by atoms with Gasteiger partial charge in [0.1, 0.15) is 5.75 Å². The molecule has 0 bridgehead atoms. The van der Waals surface area contributed by atoms with Gasteiger partial charge in [-0.25, -0.2) is 15.6 Å². The van der Waals surface area contributed by atoms with Gasteiger partial charge in [0.2, 0.25) is 0 Å². The molecule has 9 nitrogen and oxygen atoms in total. The number of rotatable bonds is 4. The molecule has 31 heavy (non-hydrogen) atoms. The minimum atomic E-state index is -0.733. The Morgan fingerprint density at radius 1 is 1.16 bits per heavy atom. The molecule has 1 aliphatic heterocycles. The lowest BCUT2D eigenvalue weighted by atomic mass is 10.1. The summed E-state index contributed by atoms with van der Waals surface area (Å²) in [5, 5.41) is 9.34. The highest BCUT2D eigenvalue weighted by Gasteiger charge is 2.31. The minimum Gasteiger partial charge on any atom is -0.497 e. The van der Waals surface area contributed by atoms with Crippen molar-refractivity contribution in [3.05, 3.63) is 53.7 Å². The number of guanidine groups is 1. The van der Waals surface area contributed by atoms with Crippen molar-refractivity contribution in [3.8, 4) is 5.75 Å². The third kappa shape index (κ3) is 4.61. The Kier molecular flexibility index (Phi) is 5.48. The summed E-state index contributed by atoms with van der Waals surface area (Å²) in [7, 11) is 1.60. The summed E-state index contributed by atoms with van der Waals surface area (Å²) in [6.07, 6.45) is 0.0142. The molecule has 1 aliphatic rings. The van der Waals surface area contributed by atoms with Crippen LogP contribution in [0.25, 0.3) is 10.9 Å². The maximum absolute atomic E-state index is 12.6. The Balaban J connectivity index is 1.54. The van der Waals surface area contributed by atoms with Crippen molar-refractivity contribution >= 4 is 40.3 Å². The number of ether oxygens (including phenoxy) is 1. The molecule has 2 aromatic carbocycles. The zero-order valence-electron chi connectivity index (χ0n) is 17.4. The van der Waals surface area contributed by atoms with E-state index in [2.05, 4.69) is 30.9 Å². The third-order valence-electron chi connectivity index (χ3n) is 4.94. The lowest BCUT2D eigenvalue weighted by Gasteiger charge is -2.17. The van der Waals surface area contributed by atoms with Crippen LogP contribution in [0, 0.1) is 13.8 Å². The van der Waals surface area contributed by atoms with Gasteiger partial charge in [-0.15, -0.1) is 0 Å². The number of aromatic nitrogens is 2. The van der Waals surface area contributed by atoms with Crippen LogP contribution in [0.2, 0.25) is 0 Å². The number of methoxy groups -OCH3 is 1. The number of carbonyl (C=O) groups excluding carboxylic acids is 2. The van der Waals surface area contributed by atoms with E-state index in [1.54, 1.807) is 7.11 Å². The summed E-state index contributed by atoms with van der Waals surface area (Å²) < 4.78 is 5.25. The van der Waals surface area contributed by atoms with Gasteiger partial charge in [-0.05, 0) is 44.2 Å². The maximum atomic E-state index is 12.6. The molecular weight excluding hydrogens is 396 g/mol. The van der Waals surface area contributed by atoms with Gasteiger partial charge in [0.15, 0.2) is 6.04 Å². The van der Waals surface area contributed by atoms with E-state index in [9.17, 15) is 9.59 Å². The first-order chi connectivity index (χ1) is 14.9. The van der Waals surface area contributed by atoms with E-state index < -0.39 is 6.04 Å². The molecule has 0 saturated heterocycles. The highest BCUT2D eigenvalue weighted by molar-refractivity contribution is 6.05. The number of nitrogens with zero attached hydrogens (tertiary/aromatic N) is 2. The monoisotopic (exact) mass is 419 g/mol. The first kappa shape index (κ1) is 20.3. The fraction of sp³-hybridized carbons (Fsp3) is 0.227. The maximum Gasteiger partial charge on any atom is 0.358 e. The highest BCUT2D eigenvalue weighted by Crippen LogP contribution is 2.22. The van der Waals surface area contributed by atoms with Gasteiger partial charge < -0.3 is 10.1 Å². The number of hydrogen-bond donors (Lipinski definition) is 4. The predicted molar refractivity (Wildman–Crippen MR) is 117 cm³/mol. The number of aryl methyl sites for hydroxylation is 2. The van der Waals surface area contributed by atoms with E-state index in [1.807, 2.05) is 56.3 Å². The number of hydrogen-bond acceptors (Lipinski definition) is 6. The molecule has 3 aromatic rings. The molecule has 0 saturated carbocycles. The molecule has 0 spiro atoms. The van der Waals surface area contributed by atoms with Gasteiger partial charge in [0.25, 0.3) is 17.8 Å². The second-order valence-electron chi connectivity index (χ2n) is 7.32. The van der Waals surface area contributed by atoms with Crippen LogP contribution in [0.3, 0.4) is 0 Å². The molecule has 0 radical (unpaired) electrons. The molecule has 4 rings (SSSR count).